The van der Waals surface area contributed by atoms with E-state index >= 15 is 0 Å². The molecule has 0 bridgehead atoms. The van der Waals surface area contributed by atoms with E-state index in [-0.39, 0.29) is 5.83 Å². The van der Waals surface area contributed by atoms with E-state index in [1.807, 2.05) is 6.08 Å². The van der Waals surface area contributed by atoms with E-state index < -0.39 is 0 Å². The minimum absolute atomic E-state index is 0.219. The maximum atomic E-state index is 12.8. The van der Waals surface area contributed by atoms with E-state index in [1.165, 1.54) is 31.1 Å². The molecule has 0 saturated carbocycles. The van der Waals surface area contributed by atoms with E-state index in [0.29, 0.717) is 5.92 Å². The van der Waals surface area contributed by atoms with Crippen LogP contribution in [-0.4, -0.2) is 13.1 Å². The molecule has 1 rings (SSSR count). The summed E-state index contributed by atoms with van der Waals surface area (Å²) in [6.45, 7) is 5.63. The smallest absolute Gasteiger partial charge is 0.122 e. The van der Waals surface area contributed by atoms with Gasteiger partial charge in [-0.15, -0.1) is 0 Å². The Hall–Kier alpha value is -0.890. The Kier molecular flexibility index (Phi) is 5.23. The Morgan fingerprint density at radius 1 is 1.57 bits per heavy atom. The summed E-state index contributed by atoms with van der Waals surface area (Å²) in [5.74, 6) is 0.459. The van der Waals surface area contributed by atoms with Gasteiger partial charge in [0.2, 0.25) is 0 Å². The Morgan fingerprint density at radius 2 is 2.43 bits per heavy atom. The lowest BCUT2D eigenvalue weighted by Gasteiger charge is -2.21. The number of hydrogen-bond donors (Lipinski definition) is 1. The summed E-state index contributed by atoms with van der Waals surface area (Å²) >= 11 is 0. The molecule has 1 heterocycles. The van der Waals surface area contributed by atoms with Crippen LogP contribution in [0.3, 0.4) is 0 Å². The van der Waals surface area contributed by atoms with Gasteiger partial charge in [0.25, 0.3) is 0 Å². The van der Waals surface area contributed by atoms with Crippen LogP contribution in [0, 0.1) is 5.92 Å². The third-order valence-electron chi connectivity index (χ3n) is 2.42. The summed E-state index contributed by atoms with van der Waals surface area (Å²) in [5.41, 5.74) is 0. The molecule has 1 N–H and O–H groups in total. The van der Waals surface area contributed by atoms with Gasteiger partial charge in [-0.05, 0) is 50.4 Å². The molecule has 0 aromatic rings. The van der Waals surface area contributed by atoms with Gasteiger partial charge in [-0.3, -0.25) is 0 Å². The molecule has 1 unspecified atom stereocenters. The molecule has 1 atom stereocenters. The Balaban J connectivity index is 2.24. The van der Waals surface area contributed by atoms with Gasteiger partial charge in [0.05, 0.1) is 0 Å². The van der Waals surface area contributed by atoms with Gasteiger partial charge < -0.3 is 5.32 Å². The first kappa shape index (κ1) is 11.2. The first-order valence-corrected chi connectivity index (χ1v) is 5.18. The van der Waals surface area contributed by atoms with Crippen molar-refractivity contribution in [3.8, 4) is 0 Å². The second-order valence-electron chi connectivity index (χ2n) is 3.64. The quantitative estimate of drug-likeness (QED) is 0.680. The molecular weight excluding hydrogens is 177 g/mol. The van der Waals surface area contributed by atoms with Crippen molar-refractivity contribution in [3.05, 3.63) is 36.7 Å². The topological polar surface area (TPSA) is 12.0 Å². The Labute approximate surface area is 85.4 Å². The van der Waals surface area contributed by atoms with Gasteiger partial charge in [0.15, 0.2) is 0 Å². The Bertz CT molecular complexity index is 224. The molecule has 0 radical (unpaired) electrons. The molecule has 0 spiro atoms. The van der Waals surface area contributed by atoms with Crippen molar-refractivity contribution in [2.45, 2.75) is 19.3 Å². The third kappa shape index (κ3) is 4.38. The summed E-state index contributed by atoms with van der Waals surface area (Å²) < 4.78 is 12.8. The van der Waals surface area contributed by atoms with Crippen LogP contribution in [0.1, 0.15) is 19.3 Å². The third-order valence-corrected chi connectivity index (χ3v) is 2.42. The van der Waals surface area contributed by atoms with E-state index in [9.17, 15) is 4.39 Å². The maximum Gasteiger partial charge on any atom is 0.122 e. The molecule has 14 heavy (non-hydrogen) atoms. The van der Waals surface area contributed by atoms with Gasteiger partial charge in [-0.2, -0.15) is 0 Å². The second-order valence-corrected chi connectivity index (χ2v) is 3.64. The number of nitrogens with one attached hydrogen (secondary N) is 1. The number of rotatable bonds is 4. The summed E-state index contributed by atoms with van der Waals surface area (Å²) in [5, 5.41) is 3.34. The molecule has 1 saturated heterocycles. The predicted molar refractivity (Wildman–Crippen MR) is 58.7 cm³/mol. The normalized spacial score (nSPS) is 24.1. The van der Waals surface area contributed by atoms with Gasteiger partial charge in [-0.1, -0.05) is 18.7 Å². The summed E-state index contributed by atoms with van der Waals surface area (Å²) in [7, 11) is 0. The predicted octanol–water partition coefficient (Wildman–Crippen LogP) is 2.97. The van der Waals surface area contributed by atoms with Gasteiger partial charge in [-0.25, -0.2) is 4.39 Å². The van der Waals surface area contributed by atoms with E-state index in [0.717, 1.165) is 19.5 Å². The number of halogens is 1. The fourth-order valence-corrected chi connectivity index (χ4v) is 1.67. The zero-order valence-electron chi connectivity index (χ0n) is 8.51. The lowest BCUT2D eigenvalue weighted by molar-refractivity contribution is 0.381. The standard InChI is InChI=1S/C12H18FN/c1-2-5-12(13)8-3-6-11-7-4-9-14-10-11/h2-3,5,8,11,14H,1,4,6-7,9-10H2/b8-3-,12-5+. The van der Waals surface area contributed by atoms with Crippen LogP contribution in [0.15, 0.2) is 36.7 Å². The van der Waals surface area contributed by atoms with Gasteiger partial charge >= 0.3 is 0 Å². The van der Waals surface area contributed by atoms with E-state index in [4.69, 9.17) is 0 Å². The van der Waals surface area contributed by atoms with Crippen molar-refractivity contribution in [2.24, 2.45) is 5.92 Å². The maximum absolute atomic E-state index is 12.8. The van der Waals surface area contributed by atoms with Crippen LogP contribution in [0.25, 0.3) is 0 Å². The van der Waals surface area contributed by atoms with Crippen LogP contribution < -0.4 is 5.32 Å². The fourth-order valence-electron chi connectivity index (χ4n) is 1.67. The monoisotopic (exact) mass is 195 g/mol. The molecule has 0 amide bonds. The lowest BCUT2D eigenvalue weighted by atomic mass is 9.96. The lowest BCUT2D eigenvalue weighted by Crippen LogP contribution is -2.29. The van der Waals surface area contributed by atoms with Crippen LogP contribution in [0.2, 0.25) is 0 Å². The first-order valence-electron chi connectivity index (χ1n) is 5.18. The summed E-state index contributed by atoms with van der Waals surface area (Å²) in [4.78, 5) is 0. The SMILES string of the molecule is C=C/C=C(F)\C=C/CC1CCCNC1. The first-order chi connectivity index (χ1) is 6.83. The van der Waals surface area contributed by atoms with Crippen LogP contribution in [0.4, 0.5) is 4.39 Å². The molecule has 1 nitrogen and oxygen atoms in total. The van der Waals surface area contributed by atoms with Crippen molar-refractivity contribution in [1.82, 2.24) is 5.32 Å². The minimum atomic E-state index is -0.219. The van der Waals surface area contributed by atoms with Crippen molar-refractivity contribution in [2.75, 3.05) is 13.1 Å². The van der Waals surface area contributed by atoms with Gasteiger partial charge in [0.1, 0.15) is 5.83 Å². The summed E-state index contributed by atoms with van der Waals surface area (Å²) in [6, 6.07) is 0. The second kappa shape index (κ2) is 6.55. The van der Waals surface area contributed by atoms with E-state index in [2.05, 4.69) is 11.9 Å². The average Bonchev–Trinajstić information content (AvgIpc) is 2.20. The van der Waals surface area contributed by atoms with Crippen molar-refractivity contribution in [3.63, 3.8) is 0 Å². The molecule has 0 aromatic carbocycles. The highest BCUT2D eigenvalue weighted by Crippen LogP contribution is 2.14. The van der Waals surface area contributed by atoms with Gasteiger partial charge in [0, 0.05) is 0 Å². The highest BCUT2D eigenvalue weighted by Gasteiger charge is 2.10. The number of hydrogen-bond acceptors (Lipinski definition) is 1. The van der Waals surface area contributed by atoms with Crippen molar-refractivity contribution >= 4 is 0 Å². The van der Waals surface area contributed by atoms with Crippen molar-refractivity contribution < 1.29 is 4.39 Å². The van der Waals surface area contributed by atoms with Crippen molar-refractivity contribution in [1.29, 1.82) is 0 Å². The number of allylic oxidation sites excluding steroid dienone is 5. The van der Waals surface area contributed by atoms with E-state index in [1.54, 1.807) is 0 Å². The largest absolute Gasteiger partial charge is 0.316 e. The van der Waals surface area contributed by atoms with Crippen LogP contribution in [0.5, 0.6) is 0 Å². The number of piperidine rings is 1. The zero-order valence-corrected chi connectivity index (χ0v) is 8.51. The molecule has 0 aromatic heterocycles. The average molecular weight is 195 g/mol. The molecule has 78 valence electrons. The molecule has 1 aliphatic rings. The fraction of sp³-hybridized carbons (Fsp3) is 0.500. The van der Waals surface area contributed by atoms with Crippen LogP contribution >= 0.6 is 0 Å². The molecule has 1 fully saturated rings. The highest BCUT2D eigenvalue weighted by molar-refractivity contribution is 5.16. The molecule has 1 aliphatic heterocycles. The Morgan fingerprint density at radius 3 is 3.07 bits per heavy atom. The summed E-state index contributed by atoms with van der Waals surface area (Å²) in [6.07, 6.45) is 9.72. The van der Waals surface area contributed by atoms with Crippen LogP contribution in [-0.2, 0) is 0 Å². The minimum Gasteiger partial charge on any atom is -0.316 e. The molecule has 2 heteroatoms. The highest BCUT2D eigenvalue weighted by atomic mass is 19.1. The molecular formula is C12H18FN. The zero-order chi connectivity index (χ0) is 10.2. The molecule has 0 aliphatic carbocycles.